The van der Waals surface area contributed by atoms with E-state index in [0.29, 0.717) is 0 Å². The number of rotatable bonds is 2. The minimum atomic E-state index is -4.64. The molecule has 0 saturated carbocycles. The molecular weight excluding hydrogens is 219 g/mol. The highest BCUT2D eigenvalue weighted by molar-refractivity contribution is 7.45. The quantitative estimate of drug-likeness (QED) is 0.533. The van der Waals surface area contributed by atoms with Gasteiger partial charge in [0.15, 0.2) is 0 Å². The molecule has 0 radical (unpaired) electrons. The normalized spacial score (nSPS) is 10.7. The molecule has 3 N–H and O–H groups in total. The zero-order chi connectivity index (χ0) is 11.7. The lowest BCUT2D eigenvalue weighted by atomic mass is 10.3. The summed E-state index contributed by atoms with van der Waals surface area (Å²) in [4.78, 5) is 21.6. The molecule has 15 heavy (non-hydrogen) atoms. The summed E-state index contributed by atoms with van der Waals surface area (Å²) >= 11 is 0. The van der Waals surface area contributed by atoms with E-state index in [1.165, 1.54) is 0 Å². The van der Waals surface area contributed by atoms with Gasteiger partial charge in [-0.05, 0) is 19.1 Å². The molecule has 0 amide bonds. The van der Waals surface area contributed by atoms with Crippen LogP contribution in [0.4, 0.5) is 0 Å². The van der Waals surface area contributed by atoms with Crippen LogP contribution >= 0.6 is 7.82 Å². The standard InChI is InChI=1S/C9H10O.H3O4P/c1-2-8-10-9-6-4-3-5-7-9;1-5(2,3)4/h2-8H,1H3;(H3,1,2,3,4). The van der Waals surface area contributed by atoms with Gasteiger partial charge < -0.3 is 19.4 Å². The van der Waals surface area contributed by atoms with Gasteiger partial charge in [0.05, 0.1) is 6.26 Å². The molecule has 0 bridgehead atoms. The predicted molar refractivity (Wildman–Crippen MR) is 56.1 cm³/mol. The Morgan fingerprint density at radius 3 is 2.07 bits per heavy atom. The molecule has 0 atom stereocenters. The number of ether oxygens (including phenoxy) is 1. The first-order valence-corrected chi connectivity index (χ1v) is 5.61. The summed E-state index contributed by atoms with van der Waals surface area (Å²) in [5, 5.41) is 0. The van der Waals surface area contributed by atoms with Crippen molar-refractivity contribution in [3.05, 3.63) is 42.7 Å². The fourth-order valence-corrected chi connectivity index (χ4v) is 0.646. The van der Waals surface area contributed by atoms with Gasteiger partial charge in [-0.25, -0.2) is 4.57 Å². The molecule has 0 fully saturated rings. The lowest BCUT2D eigenvalue weighted by molar-refractivity contribution is 0.275. The molecule has 5 nitrogen and oxygen atoms in total. The van der Waals surface area contributed by atoms with E-state index in [-0.39, 0.29) is 0 Å². The molecule has 6 heteroatoms. The first-order chi connectivity index (χ1) is 6.93. The number of hydrogen-bond acceptors (Lipinski definition) is 2. The Labute approximate surface area is 87.9 Å². The maximum Gasteiger partial charge on any atom is 0.466 e. The summed E-state index contributed by atoms with van der Waals surface area (Å²) in [6.45, 7) is 1.92. The number of hydrogen-bond donors (Lipinski definition) is 3. The smallest absolute Gasteiger partial charge is 0.465 e. The van der Waals surface area contributed by atoms with Crippen LogP contribution in [0.2, 0.25) is 0 Å². The van der Waals surface area contributed by atoms with Crippen molar-refractivity contribution in [2.24, 2.45) is 0 Å². The molecule has 0 unspecified atom stereocenters. The zero-order valence-electron chi connectivity index (χ0n) is 8.15. The van der Waals surface area contributed by atoms with Crippen molar-refractivity contribution >= 4 is 7.82 Å². The summed E-state index contributed by atoms with van der Waals surface area (Å²) in [6, 6.07) is 9.68. The van der Waals surface area contributed by atoms with E-state index in [2.05, 4.69) is 0 Å². The van der Waals surface area contributed by atoms with E-state index in [4.69, 9.17) is 24.0 Å². The SMILES string of the molecule is CC=COc1ccccc1.O=P(O)(O)O. The summed E-state index contributed by atoms with van der Waals surface area (Å²) in [5.74, 6) is 0.876. The summed E-state index contributed by atoms with van der Waals surface area (Å²) in [7, 11) is -4.64. The van der Waals surface area contributed by atoms with Crippen molar-refractivity contribution in [2.75, 3.05) is 0 Å². The first kappa shape index (κ1) is 13.9. The van der Waals surface area contributed by atoms with Crippen molar-refractivity contribution in [3.63, 3.8) is 0 Å². The molecule has 1 aromatic rings. The largest absolute Gasteiger partial charge is 0.466 e. The van der Waals surface area contributed by atoms with Crippen LogP contribution in [0.3, 0.4) is 0 Å². The van der Waals surface area contributed by atoms with Crippen molar-refractivity contribution in [3.8, 4) is 5.75 Å². The second-order valence-electron chi connectivity index (χ2n) is 2.41. The van der Waals surface area contributed by atoms with Crippen LogP contribution < -0.4 is 4.74 Å². The van der Waals surface area contributed by atoms with E-state index in [0.717, 1.165) is 5.75 Å². The summed E-state index contributed by atoms with van der Waals surface area (Å²) in [6.07, 6.45) is 3.52. The fourth-order valence-electron chi connectivity index (χ4n) is 0.646. The van der Waals surface area contributed by atoms with Crippen molar-refractivity contribution < 1.29 is 24.0 Å². The average molecular weight is 232 g/mol. The monoisotopic (exact) mass is 232 g/mol. The topological polar surface area (TPSA) is 87.0 Å². The van der Waals surface area contributed by atoms with Crippen molar-refractivity contribution in [2.45, 2.75) is 6.92 Å². The van der Waals surface area contributed by atoms with E-state index in [1.54, 1.807) is 6.26 Å². The van der Waals surface area contributed by atoms with Gasteiger partial charge in [0.2, 0.25) is 0 Å². The van der Waals surface area contributed by atoms with Gasteiger partial charge in [-0.3, -0.25) is 0 Å². The van der Waals surface area contributed by atoms with Crippen LogP contribution in [0.1, 0.15) is 6.92 Å². The number of benzene rings is 1. The molecule has 0 aliphatic carbocycles. The van der Waals surface area contributed by atoms with E-state index >= 15 is 0 Å². The lowest BCUT2D eigenvalue weighted by Gasteiger charge is -1.96. The third-order valence-corrected chi connectivity index (χ3v) is 1.08. The maximum atomic E-state index is 8.88. The molecule has 0 spiro atoms. The number of para-hydroxylation sites is 1. The van der Waals surface area contributed by atoms with Gasteiger partial charge in [0.25, 0.3) is 0 Å². The minimum absolute atomic E-state index is 0.876. The Morgan fingerprint density at radius 1 is 1.20 bits per heavy atom. The van der Waals surface area contributed by atoms with Crippen LogP contribution in [0.25, 0.3) is 0 Å². The third-order valence-electron chi connectivity index (χ3n) is 1.08. The lowest BCUT2D eigenvalue weighted by Crippen LogP contribution is -1.78. The summed E-state index contributed by atoms with van der Waals surface area (Å²) < 4.78 is 14.1. The zero-order valence-corrected chi connectivity index (χ0v) is 9.04. The molecular formula is C9H13O5P. The molecule has 1 aromatic carbocycles. The third kappa shape index (κ3) is 12.9. The Hall–Kier alpha value is -1.13. The summed E-state index contributed by atoms with van der Waals surface area (Å²) in [5.41, 5.74) is 0. The van der Waals surface area contributed by atoms with Crippen LogP contribution in [-0.4, -0.2) is 14.7 Å². The van der Waals surface area contributed by atoms with Gasteiger partial charge in [-0.1, -0.05) is 24.3 Å². The van der Waals surface area contributed by atoms with E-state index in [9.17, 15) is 0 Å². The number of allylic oxidation sites excluding steroid dienone is 1. The van der Waals surface area contributed by atoms with Crippen LogP contribution in [0.15, 0.2) is 42.7 Å². The van der Waals surface area contributed by atoms with Gasteiger partial charge in [-0.15, -0.1) is 0 Å². The van der Waals surface area contributed by atoms with E-state index in [1.807, 2.05) is 43.3 Å². The Kier molecular flexibility index (Phi) is 6.66. The molecule has 0 aromatic heterocycles. The molecule has 84 valence electrons. The highest BCUT2D eigenvalue weighted by Crippen LogP contribution is 2.25. The molecule has 1 rings (SSSR count). The maximum absolute atomic E-state index is 8.88. The molecule has 0 aliphatic rings. The van der Waals surface area contributed by atoms with Gasteiger partial charge in [0, 0.05) is 0 Å². The fraction of sp³-hybridized carbons (Fsp3) is 0.111. The van der Waals surface area contributed by atoms with Gasteiger partial charge >= 0.3 is 7.82 Å². The number of phosphoric acid groups is 1. The minimum Gasteiger partial charge on any atom is -0.465 e. The van der Waals surface area contributed by atoms with Crippen LogP contribution in [-0.2, 0) is 4.57 Å². The first-order valence-electron chi connectivity index (χ1n) is 4.04. The van der Waals surface area contributed by atoms with Crippen molar-refractivity contribution in [1.29, 1.82) is 0 Å². The Balaban J connectivity index is 0.000000336. The van der Waals surface area contributed by atoms with Crippen LogP contribution in [0.5, 0.6) is 5.75 Å². The highest BCUT2D eigenvalue weighted by Gasteiger charge is 2.00. The molecule has 0 aliphatic heterocycles. The second-order valence-corrected chi connectivity index (χ2v) is 3.44. The van der Waals surface area contributed by atoms with Crippen molar-refractivity contribution in [1.82, 2.24) is 0 Å². The average Bonchev–Trinajstić information content (AvgIpc) is 2.14. The predicted octanol–water partition coefficient (Wildman–Crippen LogP) is 1.67. The molecule has 0 saturated heterocycles. The van der Waals surface area contributed by atoms with Gasteiger partial charge in [0.1, 0.15) is 5.75 Å². The van der Waals surface area contributed by atoms with E-state index < -0.39 is 7.82 Å². The second kappa shape index (κ2) is 7.20. The Morgan fingerprint density at radius 2 is 1.67 bits per heavy atom. The Bertz CT molecular complexity index is 321. The van der Waals surface area contributed by atoms with Gasteiger partial charge in [-0.2, -0.15) is 0 Å². The van der Waals surface area contributed by atoms with Crippen LogP contribution in [0, 0.1) is 0 Å². The highest BCUT2D eigenvalue weighted by atomic mass is 31.2. The molecule has 0 heterocycles.